The number of nitrogens with two attached hydrogens (primary N) is 1. The number of piperazine rings is 1. The van der Waals surface area contributed by atoms with Crippen molar-refractivity contribution in [1.29, 1.82) is 0 Å². The van der Waals surface area contributed by atoms with Gasteiger partial charge in [0.15, 0.2) is 11.4 Å². The zero-order valence-corrected chi connectivity index (χ0v) is 25.9. The average Bonchev–Trinajstić information content (AvgIpc) is 3.75. The monoisotopic (exact) mass is 641 g/mol. The highest BCUT2D eigenvalue weighted by Gasteiger charge is 2.26. The summed E-state index contributed by atoms with van der Waals surface area (Å²) >= 11 is 0. The Bertz CT molecular complexity index is 1980. The van der Waals surface area contributed by atoms with Crippen LogP contribution in [0.1, 0.15) is 10.4 Å². The number of carbonyl (C=O) groups is 1. The number of aromatic nitrogens is 5. The summed E-state index contributed by atoms with van der Waals surface area (Å²) < 4.78 is 51.0. The van der Waals surface area contributed by atoms with E-state index in [9.17, 15) is 22.6 Å². The van der Waals surface area contributed by atoms with Gasteiger partial charge in [0.05, 0.1) is 23.0 Å². The van der Waals surface area contributed by atoms with Crippen LogP contribution in [0.3, 0.4) is 0 Å². The third-order valence-electron chi connectivity index (χ3n) is 8.16. The molecular formula is C29H33F2N9O4S. The fraction of sp³-hybridized carbons (Fsp3) is 0.379. The normalized spacial score (nSPS) is 14.9. The summed E-state index contributed by atoms with van der Waals surface area (Å²) in [5, 5.41) is 4.50. The van der Waals surface area contributed by atoms with Crippen molar-refractivity contribution in [3.05, 3.63) is 64.3 Å². The molecule has 1 atom stereocenters. The molecule has 0 bridgehead atoms. The molecule has 16 heteroatoms. The Morgan fingerprint density at radius 1 is 1.13 bits per heavy atom. The largest absolute Gasteiger partial charge is 0.463 e. The number of benzene rings is 1. The summed E-state index contributed by atoms with van der Waals surface area (Å²) in [4.78, 5) is 35.9. The van der Waals surface area contributed by atoms with Crippen LogP contribution in [0.2, 0.25) is 0 Å². The zero-order chi connectivity index (χ0) is 32.0. The van der Waals surface area contributed by atoms with E-state index in [1.165, 1.54) is 33.4 Å². The highest BCUT2D eigenvalue weighted by molar-refractivity contribution is 7.84. The van der Waals surface area contributed by atoms with Crippen LogP contribution in [0.5, 0.6) is 0 Å². The molecule has 1 unspecified atom stereocenters. The minimum absolute atomic E-state index is 0.133. The Kier molecular flexibility index (Phi) is 8.18. The van der Waals surface area contributed by atoms with Crippen molar-refractivity contribution in [2.45, 2.75) is 6.54 Å². The highest BCUT2D eigenvalue weighted by Crippen LogP contribution is 2.27. The second kappa shape index (κ2) is 12.1. The first-order valence-corrected chi connectivity index (χ1v) is 16.1. The molecule has 1 saturated heterocycles. The number of carbonyl (C=O) groups excluding carboxylic acids is 1. The number of imidazole rings is 1. The number of hydrogen-bond donors (Lipinski definition) is 1. The summed E-state index contributed by atoms with van der Waals surface area (Å²) in [6, 6.07) is 7.34. The SMILES string of the molecule is CN(CCS(C)=O)C(=O)c1cc(N2CCN(CCn3c(=O)n(C)c4c3nc(N)n3nc(-c5ccco5)cc43)CC2)c(F)cc1F. The predicted molar refractivity (Wildman–Crippen MR) is 167 cm³/mol. The van der Waals surface area contributed by atoms with Gasteiger partial charge < -0.3 is 20.0 Å². The fourth-order valence-corrected chi connectivity index (χ4v) is 6.17. The number of anilines is 2. The second-order valence-electron chi connectivity index (χ2n) is 11.1. The van der Waals surface area contributed by atoms with E-state index in [1.807, 2.05) is 0 Å². The maximum Gasteiger partial charge on any atom is 0.330 e. The standard InChI is InChI=1S/C29H33F2N9O4S/c1-35(12-14-45(3)43)27(41)18-15-22(20(31)16-19(18)30)38-9-6-37(7-10-38)8-11-39-26-25(36(2)29(39)42)23-17-21(24-5-4-13-44-24)34-40(23)28(32)33-26/h4-5,13,15-17H,6-12,14H2,1-3H3,(H2,32,33). The van der Waals surface area contributed by atoms with Crippen LogP contribution in [0.4, 0.5) is 20.4 Å². The van der Waals surface area contributed by atoms with Gasteiger partial charge in [-0.1, -0.05) is 0 Å². The third-order valence-corrected chi connectivity index (χ3v) is 8.92. The van der Waals surface area contributed by atoms with Crippen molar-refractivity contribution in [2.75, 3.05) is 69.0 Å². The molecular weight excluding hydrogens is 608 g/mol. The highest BCUT2D eigenvalue weighted by atomic mass is 32.2. The molecule has 0 spiro atoms. The van der Waals surface area contributed by atoms with Crippen LogP contribution >= 0.6 is 0 Å². The predicted octanol–water partition coefficient (Wildman–Crippen LogP) is 1.78. The lowest BCUT2D eigenvalue weighted by molar-refractivity contribution is 0.0799. The first-order chi connectivity index (χ1) is 21.5. The molecule has 0 aliphatic carbocycles. The van der Waals surface area contributed by atoms with E-state index in [0.29, 0.717) is 67.4 Å². The van der Waals surface area contributed by atoms with E-state index in [1.54, 1.807) is 41.0 Å². The van der Waals surface area contributed by atoms with Crippen LogP contribution in [0.25, 0.3) is 28.1 Å². The molecule has 1 aromatic carbocycles. The number of rotatable bonds is 9. The van der Waals surface area contributed by atoms with Crippen LogP contribution in [-0.4, -0.2) is 102 Å². The second-order valence-corrected chi connectivity index (χ2v) is 12.6. The van der Waals surface area contributed by atoms with E-state index in [0.717, 1.165) is 6.07 Å². The van der Waals surface area contributed by atoms with E-state index in [-0.39, 0.29) is 35.2 Å². The number of aryl methyl sites for hydroxylation is 1. The lowest BCUT2D eigenvalue weighted by atomic mass is 10.1. The molecule has 1 aliphatic heterocycles. The van der Waals surface area contributed by atoms with Crippen molar-refractivity contribution < 1.29 is 22.2 Å². The number of halogens is 2. The van der Waals surface area contributed by atoms with Gasteiger partial charge in [0, 0.05) is 88.8 Å². The zero-order valence-electron chi connectivity index (χ0n) is 25.1. The van der Waals surface area contributed by atoms with Crippen molar-refractivity contribution in [1.82, 2.24) is 33.5 Å². The molecule has 5 aromatic rings. The van der Waals surface area contributed by atoms with Crippen molar-refractivity contribution in [2.24, 2.45) is 7.05 Å². The van der Waals surface area contributed by atoms with E-state index >= 15 is 0 Å². The number of fused-ring (bicyclic) bond motifs is 3. The lowest BCUT2D eigenvalue weighted by Gasteiger charge is -2.36. The molecule has 238 valence electrons. The Morgan fingerprint density at radius 3 is 2.58 bits per heavy atom. The average molecular weight is 642 g/mol. The van der Waals surface area contributed by atoms with Gasteiger partial charge in [0.2, 0.25) is 5.95 Å². The fourth-order valence-electron chi connectivity index (χ4n) is 5.64. The molecule has 1 fully saturated rings. The van der Waals surface area contributed by atoms with E-state index in [2.05, 4.69) is 15.0 Å². The summed E-state index contributed by atoms with van der Waals surface area (Å²) in [5.74, 6) is -1.33. The lowest BCUT2D eigenvalue weighted by Crippen LogP contribution is -2.48. The number of furan rings is 1. The van der Waals surface area contributed by atoms with Crippen molar-refractivity contribution >= 4 is 45.0 Å². The summed E-state index contributed by atoms with van der Waals surface area (Å²) in [6.45, 7) is 3.03. The quantitative estimate of drug-likeness (QED) is 0.255. The topological polar surface area (TPSA) is 140 Å². The van der Waals surface area contributed by atoms with Gasteiger partial charge in [0.1, 0.15) is 22.8 Å². The molecule has 1 aliphatic rings. The van der Waals surface area contributed by atoms with E-state index in [4.69, 9.17) is 10.2 Å². The first-order valence-electron chi connectivity index (χ1n) is 14.3. The summed E-state index contributed by atoms with van der Waals surface area (Å²) in [6.07, 6.45) is 3.08. The molecule has 5 heterocycles. The first kappa shape index (κ1) is 30.5. The van der Waals surface area contributed by atoms with Gasteiger partial charge >= 0.3 is 5.69 Å². The summed E-state index contributed by atoms with van der Waals surface area (Å²) in [7, 11) is 2.07. The minimum Gasteiger partial charge on any atom is -0.463 e. The Labute approximate surface area is 258 Å². The molecule has 0 saturated carbocycles. The van der Waals surface area contributed by atoms with Crippen molar-refractivity contribution in [3.63, 3.8) is 0 Å². The van der Waals surface area contributed by atoms with Gasteiger partial charge in [-0.25, -0.2) is 13.6 Å². The Balaban J connectivity index is 1.16. The van der Waals surface area contributed by atoms with Crippen LogP contribution in [-0.2, 0) is 24.4 Å². The molecule has 13 nitrogen and oxygen atoms in total. The number of nitrogens with zero attached hydrogens (tertiary/aromatic N) is 8. The van der Waals surface area contributed by atoms with Crippen LogP contribution < -0.4 is 16.3 Å². The van der Waals surface area contributed by atoms with Gasteiger partial charge in [-0.3, -0.25) is 23.0 Å². The van der Waals surface area contributed by atoms with Gasteiger partial charge in [0.25, 0.3) is 5.91 Å². The van der Waals surface area contributed by atoms with Gasteiger partial charge in [-0.15, -0.1) is 0 Å². The molecule has 1 amide bonds. The molecule has 0 radical (unpaired) electrons. The molecule has 45 heavy (non-hydrogen) atoms. The van der Waals surface area contributed by atoms with Crippen LogP contribution in [0, 0.1) is 11.6 Å². The van der Waals surface area contributed by atoms with Gasteiger partial charge in [-0.2, -0.15) is 14.6 Å². The molecule has 6 rings (SSSR count). The Morgan fingerprint density at radius 2 is 1.89 bits per heavy atom. The Hall–Kier alpha value is -4.57. The van der Waals surface area contributed by atoms with Crippen molar-refractivity contribution in [3.8, 4) is 11.5 Å². The maximum atomic E-state index is 14.9. The van der Waals surface area contributed by atoms with E-state index < -0.39 is 28.3 Å². The third kappa shape index (κ3) is 5.70. The van der Waals surface area contributed by atoms with Crippen LogP contribution in [0.15, 0.2) is 45.8 Å². The smallest absolute Gasteiger partial charge is 0.330 e. The number of nitrogen functional groups attached to an aromatic ring is 1. The molecule has 2 N–H and O–H groups in total. The summed E-state index contributed by atoms with van der Waals surface area (Å²) in [5.41, 5.74) is 8.15. The number of amides is 1. The number of hydrogen-bond acceptors (Lipinski definition) is 9. The molecule has 4 aromatic heterocycles. The maximum absolute atomic E-state index is 14.9. The van der Waals surface area contributed by atoms with Gasteiger partial charge in [-0.05, 0) is 24.3 Å². The minimum atomic E-state index is -1.11.